The van der Waals surface area contributed by atoms with E-state index in [0.29, 0.717) is 5.96 Å². The van der Waals surface area contributed by atoms with Crippen LogP contribution in [0.2, 0.25) is 0 Å². The number of rotatable bonds is 3. The predicted molar refractivity (Wildman–Crippen MR) is 86.0 cm³/mol. The van der Waals surface area contributed by atoms with Gasteiger partial charge < -0.3 is 20.3 Å². The number of ether oxygens (including phenoxy) is 1. The van der Waals surface area contributed by atoms with Crippen LogP contribution in [0, 0.1) is 0 Å². The van der Waals surface area contributed by atoms with Gasteiger partial charge in [-0.2, -0.15) is 0 Å². The van der Waals surface area contributed by atoms with Crippen LogP contribution in [0.15, 0.2) is 29.3 Å². The lowest BCUT2D eigenvalue weighted by molar-refractivity contribution is 0.178. The molecule has 114 valence electrons. The van der Waals surface area contributed by atoms with Crippen molar-refractivity contribution in [2.45, 2.75) is 25.3 Å². The molecule has 0 amide bonds. The number of hydrogen-bond acceptors (Lipinski definition) is 5. The monoisotopic (exact) mass is 288 g/mol. The Balaban J connectivity index is 1.93. The first-order valence-electron chi connectivity index (χ1n) is 7.66. The molecule has 1 fully saturated rings. The minimum Gasteiger partial charge on any atom is -0.495 e. The van der Waals surface area contributed by atoms with Gasteiger partial charge in [-0.15, -0.1) is 0 Å². The highest BCUT2D eigenvalue weighted by Gasteiger charge is 2.45. The number of guanidine groups is 1. The number of nitrogens with two attached hydrogens (primary N) is 1. The number of para-hydroxylation sites is 2. The van der Waals surface area contributed by atoms with Crippen molar-refractivity contribution in [3.63, 3.8) is 0 Å². The Morgan fingerprint density at radius 1 is 1.29 bits per heavy atom. The van der Waals surface area contributed by atoms with Crippen LogP contribution in [0.4, 0.5) is 5.69 Å². The number of hydrogen-bond donors (Lipinski definition) is 1. The second-order valence-corrected chi connectivity index (χ2v) is 5.84. The molecule has 2 aliphatic rings. The number of methoxy groups -OCH3 is 1. The fraction of sp³-hybridized carbons (Fsp3) is 0.562. The summed E-state index contributed by atoms with van der Waals surface area (Å²) >= 11 is 0. The van der Waals surface area contributed by atoms with Crippen molar-refractivity contribution in [1.82, 2.24) is 4.90 Å². The third-order valence-electron chi connectivity index (χ3n) is 4.80. The third-order valence-corrected chi connectivity index (χ3v) is 4.80. The van der Waals surface area contributed by atoms with Gasteiger partial charge in [0.1, 0.15) is 5.75 Å². The molecule has 5 nitrogen and oxygen atoms in total. The van der Waals surface area contributed by atoms with E-state index in [0.717, 1.165) is 50.5 Å². The summed E-state index contributed by atoms with van der Waals surface area (Å²) in [5, 5.41) is 0. The maximum absolute atomic E-state index is 6.21. The average Bonchev–Trinajstić information content (AvgIpc) is 2.84. The highest BCUT2D eigenvalue weighted by molar-refractivity contribution is 5.99. The molecule has 21 heavy (non-hydrogen) atoms. The standard InChI is InChI=1S/C16H24N4O/c1-3-19-10-8-16(9-11-19)12-18-15(17)20(16)13-6-4-5-7-14(13)21-2/h4-7H,3,8-12H2,1-2H3,(H2,17,18). The molecular formula is C16H24N4O. The van der Waals surface area contributed by atoms with Gasteiger partial charge in [0.25, 0.3) is 0 Å². The summed E-state index contributed by atoms with van der Waals surface area (Å²) in [6, 6.07) is 8.06. The van der Waals surface area contributed by atoms with Crippen molar-refractivity contribution in [2.24, 2.45) is 10.7 Å². The Bertz CT molecular complexity index is 535. The molecule has 0 aliphatic carbocycles. The fourth-order valence-corrected chi connectivity index (χ4v) is 3.47. The SMILES string of the molecule is CCN1CCC2(CC1)CN=C(N)N2c1ccccc1OC. The van der Waals surface area contributed by atoms with E-state index in [2.05, 4.69) is 27.8 Å². The molecule has 2 N–H and O–H groups in total. The molecule has 0 saturated carbocycles. The molecule has 1 aromatic rings. The van der Waals surface area contributed by atoms with E-state index < -0.39 is 0 Å². The van der Waals surface area contributed by atoms with E-state index in [1.165, 1.54) is 0 Å². The lowest BCUT2D eigenvalue weighted by Gasteiger charge is -2.45. The number of benzene rings is 1. The van der Waals surface area contributed by atoms with Crippen molar-refractivity contribution < 1.29 is 4.74 Å². The Morgan fingerprint density at radius 3 is 2.67 bits per heavy atom. The van der Waals surface area contributed by atoms with Gasteiger partial charge in [0, 0.05) is 13.1 Å². The fourth-order valence-electron chi connectivity index (χ4n) is 3.47. The third kappa shape index (κ3) is 2.35. The molecule has 2 heterocycles. The Hall–Kier alpha value is -1.75. The van der Waals surface area contributed by atoms with E-state index in [-0.39, 0.29) is 5.54 Å². The zero-order chi connectivity index (χ0) is 14.9. The van der Waals surface area contributed by atoms with Gasteiger partial charge in [-0.25, -0.2) is 0 Å². The summed E-state index contributed by atoms with van der Waals surface area (Å²) in [5.74, 6) is 1.47. The van der Waals surface area contributed by atoms with Crippen molar-refractivity contribution >= 4 is 11.6 Å². The Labute approximate surface area is 126 Å². The smallest absolute Gasteiger partial charge is 0.196 e. The molecule has 5 heteroatoms. The van der Waals surface area contributed by atoms with E-state index in [1.807, 2.05) is 18.2 Å². The molecule has 0 radical (unpaired) electrons. The van der Waals surface area contributed by atoms with Crippen molar-refractivity contribution in [3.05, 3.63) is 24.3 Å². The van der Waals surface area contributed by atoms with Gasteiger partial charge in [-0.3, -0.25) is 4.99 Å². The zero-order valence-electron chi connectivity index (χ0n) is 12.9. The van der Waals surface area contributed by atoms with Crippen LogP contribution < -0.4 is 15.4 Å². The lowest BCUT2D eigenvalue weighted by Crippen LogP contribution is -2.57. The van der Waals surface area contributed by atoms with E-state index in [1.54, 1.807) is 7.11 Å². The minimum atomic E-state index is 0.0182. The Morgan fingerprint density at radius 2 is 2.00 bits per heavy atom. The van der Waals surface area contributed by atoms with E-state index in [9.17, 15) is 0 Å². The largest absolute Gasteiger partial charge is 0.495 e. The quantitative estimate of drug-likeness (QED) is 0.919. The molecule has 0 aromatic heterocycles. The van der Waals surface area contributed by atoms with Crippen LogP contribution in [-0.4, -0.2) is 49.7 Å². The molecular weight excluding hydrogens is 264 g/mol. The van der Waals surface area contributed by atoms with Crippen LogP contribution in [0.5, 0.6) is 5.75 Å². The maximum Gasteiger partial charge on any atom is 0.196 e. The molecule has 3 rings (SSSR count). The topological polar surface area (TPSA) is 54.1 Å². The van der Waals surface area contributed by atoms with Gasteiger partial charge >= 0.3 is 0 Å². The van der Waals surface area contributed by atoms with Crippen LogP contribution in [0.1, 0.15) is 19.8 Å². The zero-order valence-corrected chi connectivity index (χ0v) is 12.9. The minimum absolute atomic E-state index is 0.0182. The summed E-state index contributed by atoms with van der Waals surface area (Å²) in [6.45, 7) is 6.32. The highest BCUT2D eigenvalue weighted by atomic mass is 16.5. The van der Waals surface area contributed by atoms with Gasteiger partial charge in [0.15, 0.2) is 5.96 Å². The number of piperidine rings is 1. The van der Waals surface area contributed by atoms with Crippen molar-refractivity contribution in [3.8, 4) is 5.75 Å². The predicted octanol–water partition coefficient (Wildman–Crippen LogP) is 1.68. The molecule has 1 saturated heterocycles. The van der Waals surface area contributed by atoms with Crippen LogP contribution >= 0.6 is 0 Å². The lowest BCUT2D eigenvalue weighted by atomic mass is 9.86. The van der Waals surface area contributed by atoms with Crippen molar-refractivity contribution in [1.29, 1.82) is 0 Å². The maximum atomic E-state index is 6.21. The molecule has 0 unspecified atom stereocenters. The van der Waals surface area contributed by atoms with Crippen LogP contribution in [0.25, 0.3) is 0 Å². The molecule has 1 spiro atoms. The number of anilines is 1. The first-order chi connectivity index (χ1) is 10.2. The summed E-state index contributed by atoms with van der Waals surface area (Å²) in [5.41, 5.74) is 7.26. The first-order valence-corrected chi connectivity index (χ1v) is 7.66. The van der Waals surface area contributed by atoms with Crippen LogP contribution in [0.3, 0.4) is 0 Å². The average molecular weight is 288 g/mol. The first kappa shape index (κ1) is 14.2. The van der Waals surface area contributed by atoms with Gasteiger partial charge in [-0.05, 0) is 31.5 Å². The normalized spacial score (nSPS) is 21.6. The van der Waals surface area contributed by atoms with Gasteiger partial charge in [-0.1, -0.05) is 19.1 Å². The molecule has 0 bridgehead atoms. The number of nitrogens with zero attached hydrogens (tertiary/aromatic N) is 3. The summed E-state index contributed by atoms with van der Waals surface area (Å²) in [6.07, 6.45) is 2.17. The second kappa shape index (κ2) is 5.56. The van der Waals surface area contributed by atoms with E-state index in [4.69, 9.17) is 10.5 Å². The summed E-state index contributed by atoms with van der Waals surface area (Å²) in [4.78, 5) is 9.24. The highest BCUT2D eigenvalue weighted by Crippen LogP contribution is 2.40. The number of aliphatic imine (C=N–C) groups is 1. The second-order valence-electron chi connectivity index (χ2n) is 5.84. The summed E-state index contributed by atoms with van der Waals surface area (Å²) in [7, 11) is 1.70. The molecule has 1 aromatic carbocycles. The summed E-state index contributed by atoms with van der Waals surface area (Å²) < 4.78 is 5.52. The van der Waals surface area contributed by atoms with E-state index >= 15 is 0 Å². The van der Waals surface area contributed by atoms with Crippen molar-refractivity contribution in [2.75, 3.05) is 38.2 Å². The van der Waals surface area contributed by atoms with Gasteiger partial charge in [0.2, 0.25) is 0 Å². The van der Waals surface area contributed by atoms with Gasteiger partial charge in [0.05, 0.1) is 24.9 Å². The number of likely N-dealkylation sites (tertiary alicyclic amines) is 1. The molecule has 2 aliphatic heterocycles. The van der Waals surface area contributed by atoms with Crippen LogP contribution in [-0.2, 0) is 0 Å². The Kier molecular flexibility index (Phi) is 3.76. The molecule has 0 atom stereocenters.